The molecule has 0 radical (unpaired) electrons. The molecular formula is C17H21N3O. The van der Waals surface area contributed by atoms with Crippen molar-refractivity contribution in [3.05, 3.63) is 48.2 Å². The highest BCUT2D eigenvalue weighted by Crippen LogP contribution is 2.23. The summed E-state index contributed by atoms with van der Waals surface area (Å²) >= 11 is 0. The van der Waals surface area contributed by atoms with Gasteiger partial charge in [-0.2, -0.15) is 0 Å². The van der Waals surface area contributed by atoms with Crippen LogP contribution in [0.5, 0.6) is 5.88 Å². The Hall–Kier alpha value is -2.23. The summed E-state index contributed by atoms with van der Waals surface area (Å²) in [5.74, 6) is 0.648. The van der Waals surface area contributed by atoms with Gasteiger partial charge in [0.25, 0.3) is 0 Å². The average molecular weight is 283 g/mol. The van der Waals surface area contributed by atoms with E-state index in [9.17, 15) is 0 Å². The second-order valence-corrected chi connectivity index (χ2v) is 5.31. The fourth-order valence-corrected chi connectivity index (χ4v) is 2.63. The van der Waals surface area contributed by atoms with E-state index < -0.39 is 0 Å². The molecule has 0 saturated carbocycles. The Morgan fingerprint density at radius 1 is 1.19 bits per heavy atom. The molecule has 1 aromatic carbocycles. The smallest absolute Gasteiger partial charge is 0.212 e. The Bertz CT molecular complexity index is 577. The van der Waals surface area contributed by atoms with Crippen molar-refractivity contribution in [2.24, 2.45) is 0 Å². The first-order chi connectivity index (χ1) is 10.3. The molecular weight excluding hydrogens is 262 g/mol. The van der Waals surface area contributed by atoms with Crippen LogP contribution in [0.1, 0.15) is 18.4 Å². The maximum atomic E-state index is 5.07. The van der Waals surface area contributed by atoms with E-state index in [2.05, 4.69) is 39.5 Å². The van der Waals surface area contributed by atoms with Crippen molar-refractivity contribution < 1.29 is 4.74 Å². The molecule has 21 heavy (non-hydrogen) atoms. The molecule has 1 aliphatic heterocycles. The molecule has 3 rings (SSSR count). The zero-order valence-corrected chi connectivity index (χ0v) is 12.4. The molecule has 4 nitrogen and oxygen atoms in total. The van der Waals surface area contributed by atoms with E-state index in [1.54, 1.807) is 7.11 Å². The van der Waals surface area contributed by atoms with Crippen molar-refractivity contribution in [1.82, 2.24) is 4.98 Å². The average Bonchev–Trinajstić information content (AvgIpc) is 3.08. The van der Waals surface area contributed by atoms with E-state index in [0.717, 1.165) is 17.8 Å². The third-order valence-corrected chi connectivity index (χ3v) is 3.82. The standard InChI is InChI=1S/C17H21N3O/c1-21-17-8-7-14(13-19-17)12-18-15-5-4-6-16(11-15)20-9-2-3-10-20/h4-8,11,13,18H,2-3,9-10,12H2,1H3. The maximum absolute atomic E-state index is 5.07. The molecule has 0 bridgehead atoms. The first-order valence-electron chi connectivity index (χ1n) is 7.43. The number of nitrogens with one attached hydrogen (secondary N) is 1. The normalized spacial score (nSPS) is 14.2. The SMILES string of the molecule is COc1ccc(CNc2cccc(N3CCCC3)c2)cn1. The van der Waals surface area contributed by atoms with Crippen molar-refractivity contribution in [2.45, 2.75) is 19.4 Å². The number of anilines is 2. The second kappa shape index (κ2) is 6.48. The van der Waals surface area contributed by atoms with Gasteiger partial charge in [0.05, 0.1) is 7.11 Å². The van der Waals surface area contributed by atoms with Gasteiger partial charge in [-0.15, -0.1) is 0 Å². The van der Waals surface area contributed by atoms with Crippen molar-refractivity contribution in [2.75, 3.05) is 30.4 Å². The molecule has 0 atom stereocenters. The lowest BCUT2D eigenvalue weighted by molar-refractivity contribution is 0.397. The molecule has 4 heteroatoms. The summed E-state index contributed by atoms with van der Waals surface area (Å²) in [7, 11) is 1.63. The van der Waals surface area contributed by atoms with E-state index in [1.165, 1.54) is 31.6 Å². The van der Waals surface area contributed by atoms with E-state index in [4.69, 9.17) is 4.74 Å². The predicted octanol–water partition coefficient (Wildman–Crippen LogP) is 3.30. The Morgan fingerprint density at radius 2 is 2.05 bits per heavy atom. The van der Waals surface area contributed by atoms with E-state index in [0.29, 0.717) is 5.88 Å². The van der Waals surface area contributed by atoms with E-state index in [1.807, 2.05) is 18.3 Å². The molecule has 1 fully saturated rings. The second-order valence-electron chi connectivity index (χ2n) is 5.31. The first kappa shape index (κ1) is 13.7. The highest BCUT2D eigenvalue weighted by molar-refractivity contribution is 5.58. The van der Waals surface area contributed by atoms with Gasteiger partial charge in [0.15, 0.2) is 0 Å². The summed E-state index contributed by atoms with van der Waals surface area (Å²) < 4.78 is 5.07. The number of pyridine rings is 1. The number of hydrogen-bond donors (Lipinski definition) is 1. The molecule has 2 aromatic rings. The maximum Gasteiger partial charge on any atom is 0.212 e. The van der Waals surface area contributed by atoms with E-state index >= 15 is 0 Å². The minimum atomic E-state index is 0.648. The third kappa shape index (κ3) is 3.45. The molecule has 0 spiro atoms. The van der Waals surface area contributed by atoms with Crippen molar-refractivity contribution in [3.8, 4) is 5.88 Å². The van der Waals surface area contributed by atoms with Crippen LogP contribution in [0, 0.1) is 0 Å². The van der Waals surface area contributed by atoms with Crippen LogP contribution in [0.3, 0.4) is 0 Å². The van der Waals surface area contributed by atoms with Gasteiger partial charge < -0.3 is 15.0 Å². The molecule has 1 aliphatic rings. The Balaban J connectivity index is 1.62. The Labute approximate surface area is 125 Å². The summed E-state index contributed by atoms with van der Waals surface area (Å²) in [5.41, 5.74) is 3.60. The van der Waals surface area contributed by atoms with Crippen LogP contribution in [-0.2, 0) is 6.54 Å². The lowest BCUT2D eigenvalue weighted by Crippen LogP contribution is -2.17. The predicted molar refractivity (Wildman–Crippen MR) is 86.0 cm³/mol. The summed E-state index contributed by atoms with van der Waals surface area (Å²) in [6.07, 6.45) is 4.44. The van der Waals surface area contributed by atoms with Gasteiger partial charge in [0, 0.05) is 43.3 Å². The quantitative estimate of drug-likeness (QED) is 0.913. The molecule has 2 heterocycles. The van der Waals surface area contributed by atoms with Crippen molar-refractivity contribution in [3.63, 3.8) is 0 Å². The van der Waals surface area contributed by atoms with Gasteiger partial charge in [-0.05, 0) is 36.6 Å². The summed E-state index contributed by atoms with van der Waals surface area (Å²) in [6.45, 7) is 3.11. The van der Waals surface area contributed by atoms with Gasteiger partial charge in [0.1, 0.15) is 0 Å². The highest BCUT2D eigenvalue weighted by atomic mass is 16.5. The summed E-state index contributed by atoms with van der Waals surface area (Å²) in [4.78, 5) is 6.66. The lowest BCUT2D eigenvalue weighted by atomic mass is 10.2. The fraction of sp³-hybridized carbons (Fsp3) is 0.353. The molecule has 1 saturated heterocycles. The topological polar surface area (TPSA) is 37.4 Å². The number of hydrogen-bond acceptors (Lipinski definition) is 4. The van der Waals surface area contributed by atoms with Crippen LogP contribution in [0.2, 0.25) is 0 Å². The van der Waals surface area contributed by atoms with Gasteiger partial charge in [-0.1, -0.05) is 12.1 Å². The molecule has 0 aliphatic carbocycles. The molecule has 1 N–H and O–H groups in total. The largest absolute Gasteiger partial charge is 0.481 e. The highest BCUT2D eigenvalue weighted by Gasteiger charge is 2.12. The molecule has 1 aromatic heterocycles. The van der Waals surface area contributed by atoms with Gasteiger partial charge in [0.2, 0.25) is 5.88 Å². The number of nitrogens with zero attached hydrogens (tertiary/aromatic N) is 2. The minimum Gasteiger partial charge on any atom is -0.481 e. The minimum absolute atomic E-state index is 0.648. The van der Waals surface area contributed by atoms with E-state index in [-0.39, 0.29) is 0 Å². The van der Waals surface area contributed by atoms with Gasteiger partial charge >= 0.3 is 0 Å². The molecule has 0 unspecified atom stereocenters. The molecule has 110 valence electrons. The number of benzene rings is 1. The summed E-state index contributed by atoms with van der Waals surface area (Å²) in [5, 5.41) is 3.45. The Kier molecular flexibility index (Phi) is 4.24. The lowest BCUT2D eigenvalue weighted by Gasteiger charge is -2.18. The Morgan fingerprint density at radius 3 is 2.76 bits per heavy atom. The summed E-state index contributed by atoms with van der Waals surface area (Å²) in [6, 6.07) is 12.5. The zero-order valence-electron chi connectivity index (χ0n) is 12.4. The third-order valence-electron chi connectivity index (χ3n) is 3.82. The van der Waals surface area contributed by atoms with Crippen LogP contribution >= 0.6 is 0 Å². The number of aromatic nitrogens is 1. The van der Waals surface area contributed by atoms with Crippen LogP contribution in [0.25, 0.3) is 0 Å². The monoisotopic (exact) mass is 283 g/mol. The van der Waals surface area contributed by atoms with Crippen LogP contribution < -0.4 is 15.0 Å². The van der Waals surface area contributed by atoms with Crippen molar-refractivity contribution >= 4 is 11.4 Å². The fourth-order valence-electron chi connectivity index (χ4n) is 2.63. The number of ether oxygens (including phenoxy) is 1. The van der Waals surface area contributed by atoms with Crippen LogP contribution in [-0.4, -0.2) is 25.2 Å². The van der Waals surface area contributed by atoms with Crippen LogP contribution in [0.4, 0.5) is 11.4 Å². The molecule has 0 amide bonds. The first-order valence-corrected chi connectivity index (χ1v) is 7.43. The van der Waals surface area contributed by atoms with Gasteiger partial charge in [-0.3, -0.25) is 0 Å². The number of rotatable bonds is 5. The zero-order chi connectivity index (χ0) is 14.5. The van der Waals surface area contributed by atoms with Crippen molar-refractivity contribution in [1.29, 1.82) is 0 Å². The van der Waals surface area contributed by atoms with Gasteiger partial charge in [-0.25, -0.2) is 4.98 Å². The number of methoxy groups -OCH3 is 1. The van der Waals surface area contributed by atoms with Crippen LogP contribution in [0.15, 0.2) is 42.6 Å².